The molecule has 3 rings (SSSR count). The van der Waals surface area contributed by atoms with Crippen LogP contribution >= 0.6 is 0 Å². The monoisotopic (exact) mass is 424 g/mol. The summed E-state index contributed by atoms with van der Waals surface area (Å²) in [6.07, 6.45) is -2.76. The van der Waals surface area contributed by atoms with Gasteiger partial charge in [0, 0.05) is 51.5 Å². The maximum atomic E-state index is 12.7. The molecular formula is C21H27F3N4O2. The van der Waals surface area contributed by atoms with E-state index in [0.717, 1.165) is 30.7 Å². The van der Waals surface area contributed by atoms with Crippen LogP contribution in [0.1, 0.15) is 55.4 Å². The summed E-state index contributed by atoms with van der Waals surface area (Å²) in [5, 5.41) is 3.91. The van der Waals surface area contributed by atoms with E-state index in [4.69, 9.17) is 4.52 Å². The van der Waals surface area contributed by atoms with Crippen molar-refractivity contribution in [3.63, 3.8) is 0 Å². The second-order valence-corrected chi connectivity index (χ2v) is 7.91. The zero-order valence-electron chi connectivity index (χ0n) is 17.3. The lowest BCUT2D eigenvalue weighted by molar-refractivity contribution is -0.137. The Labute approximate surface area is 174 Å². The Bertz CT molecular complexity index is 834. The van der Waals surface area contributed by atoms with Crippen LogP contribution in [0.5, 0.6) is 0 Å². The Kier molecular flexibility index (Phi) is 7.12. The highest BCUT2D eigenvalue weighted by Gasteiger charge is 2.30. The van der Waals surface area contributed by atoms with Crippen LogP contribution in [-0.2, 0) is 23.9 Å². The molecule has 1 amide bonds. The second kappa shape index (κ2) is 9.59. The summed E-state index contributed by atoms with van der Waals surface area (Å²) in [5.41, 5.74) is 0.195. The van der Waals surface area contributed by atoms with E-state index in [1.54, 1.807) is 0 Å². The Hall–Kier alpha value is -2.42. The van der Waals surface area contributed by atoms with E-state index < -0.39 is 11.7 Å². The number of aryl methyl sites for hydroxylation is 1. The van der Waals surface area contributed by atoms with E-state index in [0.29, 0.717) is 50.7 Å². The molecule has 30 heavy (non-hydrogen) atoms. The Morgan fingerprint density at radius 3 is 2.50 bits per heavy atom. The first kappa shape index (κ1) is 22.3. The molecule has 2 aromatic rings. The number of halogens is 3. The lowest BCUT2D eigenvalue weighted by Gasteiger charge is -2.22. The molecule has 1 fully saturated rings. The first-order valence-corrected chi connectivity index (χ1v) is 10.2. The summed E-state index contributed by atoms with van der Waals surface area (Å²) in [7, 11) is 0. The van der Waals surface area contributed by atoms with E-state index in [1.807, 2.05) is 18.7 Å². The molecule has 0 bridgehead atoms. The molecule has 1 aliphatic heterocycles. The molecule has 0 N–H and O–H groups in total. The van der Waals surface area contributed by atoms with Crippen molar-refractivity contribution in [1.29, 1.82) is 0 Å². The summed E-state index contributed by atoms with van der Waals surface area (Å²) < 4.78 is 43.3. The van der Waals surface area contributed by atoms with Crippen LogP contribution in [0.3, 0.4) is 0 Å². The molecule has 0 unspecified atom stereocenters. The third kappa shape index (κ3) is 6.04. The van der Waals surface area contributed by atoms with Crippen LogP contribution in [0.25, 0.3) is 0 Å². The largest absolute Gasteiger partial charge is 0.416 e. The minimum atomic E-state index is -4.32. The first-order chi connectivity index (χ1) is 14.2. The second-order valence-electron chi connectivity index (χ2n) is 7.91. The molecule has 0 atom stereocenters. The van der Waals surface area contributed by atoms with Gasteiger partial charge in [0.25, 0.3) is 0 Å². The van der Waals surface area contributed by atoms with Crippen molar-refractivity contribution >= 4 is 5.91 Å². The molecule has 1 aromatic heterocycles. The quantitative estimate of drug-likeness (QED) is 0.704. The zero-order valence-corrected chi connectivity index (χ0v) is 17.3. The molecule has 0 aliphatic carbocycles. The van der Waals surface area contributed by atoms with Gasteiger partial charge in [-0.15, -0.1) is 0 Å². The summed E-state index contributed by atoms with van der Waals surface area (Å²) in [6.45, 7) is 7.28. The van der Waals surface area contributed by atoms with Gasteiger partial charge in [-0.05, 0) is 24.1 Å². The maximum absolute atomic E-state index is 12.7. The average molecular weight is 424 g/mol. The van der Waals surface area contributed by atoms with Crippen molar-refractivity contribution in [1.82, 2.24) is 19.9 Å². The standard InChI is InChI=1S/C21H27F3N4O2/c1-15(2)20-25-18(30-26-20)8-9-19(29)28-11-3-10-27(12-13-28)14-16-4-6-17(7-5-16)21(22,23)24/h4-7,15H,3,8-14H2,1-2H3. The SMILES string of the molecule is CC(C)c1noc(CCC(=O)N2CCCN(Cc3ccc(C(F)(F)F)cc3)CC2)n1. The van der Waals surface area contributed by atoms with Gasteiger partial charge in [-0.25, -0.2) is 0 Å². The van der Waals surface area contributed by atoms with Gasteiger partial charge in [-0.1, -0.05) is 31.1 Å². The normalized spacial score (nSPS) is 16.1. The van der Waals surface area contributed by atoms with Gasteiger partial charge >= 0.3 is 6.18 Å². The lowest BCUT2D eigenvalue weighted by atomic mass is 10.1. The summed E-state index contributed by atoms with van der Waals surface area (Å²) in [6, 6.07) is 5.27. The Morgan fingerprint density at radius 2 is 1.87 bits per heavy atom. The van der Waals surface area contributed by atoms with E-state index in [-0.39, 0.29) is 11.8 Å². The van der Waals surface area contributed by atoms with Gasteiger partial charge in [0.2, 0.25) is 11.8 Å². The number of nitrogens with zero attached hydrogens (tertiary/aromatic N) is 4. The number of rotatable bonds is 6. The van der Waals surface area contributed by atoms with Crippen molar-refractivity contribution < 1.29 is 22.5 Å². The molecule has 0 saturated carbocycles. The van der Waals surface area contributed by atoms with Gasteiger partial charge in [-0.3, -0.25) is 9.69 Å². The number of carbonyl (C=O) groups is 1. The van der Waals surface area contributed by atoms with Crippen LogP contribution in [0.2, 0.25) is 0 Å². The van der Waals surface area contributed by atoms with Crippen molar-refractivity contribution in [3.05, 3.63) is 47.1 Å². The van der Waals surface area contributed by atoms with Gasteiger partial charge < -0.3 is 9.42 Å². The minimum Gasteiger partial charge on any atom is -0.341 e. The highest BCUT2D eigenvalue weighted by molar-refractivity contribution is 5.76. The third-order valence-electron chi connectivity index (χ3n) is 5.18. The number of hydrogen-bond acceptors (Lipinski definition) is 5. The first-order valence-electron chi connectivity index (χ1n) is 10.2. The fraction of sp³-hybridized carbons (Fsp3) is 0.571. The highest BCUT2D eigenvalue weighted by Crippen LogP contribution is 2.29. The molecule has 1 aromatic carbocycles. The number of aromatic nitrogens is 2. The molecule has 0 spiro atoms. The number of benzene rings is 1. The molecule has 164 valence electrons. The molecule has 0 radical (unpaired) electrons. The number of carbonyl (C=O) groups excluding carboxylic acids is 1. The van der Waals surface area contributed by atoms with Gasteiger partial charge in [0.05, 0.1) is 5.56 Å². The van der Waals surface area contributed by atoms with Crippen molar-refractivity contribution in [2.24, 2.45) is 0 Å². The topological polar surface area (TPSA) is 62.5 Å². The van der Waals surface area contributed by atoms with E-state index in [1.165, 1.54) is 12.1 Å². The molecule has 1 saturated heterocycles. The van der Waals surface area contributed by atoms with Crippen LogP contribution in [0, 0.1) is 0 Å². The Balaban J connectivity index is 1.47. The van der Waals surface area contributed by atoms with Gasteiger partial charge in [0.1, 0.15) is 0 Å². The van der Waals surface area contributed by atoms with E-state index in [2.05, 4.69) is 15.0 Å². The van der Waals surface area contributed by atoms with E-state index in [9.17, 15) is 18.0 Å². The Morgan fingerprint density at radius 1 is 1.13 bits per heavy atom. The van der Waals surface area contributed by atoms with Crippen molar-refractivity contribution in [2.75, 3.05) is 26.2 Å². The fourth-order valence-electron chi connectivity index (χ4n) is 3.41. The fourth-order valence-corrected chi connectivity index (χ4v) is 3.41. The lowest BCUT2D eigenvalue weighted by Crippen LogP contribution is -2.35. The smallest absolute Gasteiger partial charge is 0.341 e. The van der Waals surface area contributed by atoms with Crippen LogP contribution in [0.15, 0.2) is 28.8 Å². The summed E-state index contributed by atoms with van der Waals surface area (Å²) in [5.74, 6) is 1.35. The molecule has 6 nitrogen and oxygen atoms in total. The molecule has 9 heteroatoms. The summed E-state index contributed by atoms with van der Waals surface area (Å²) >= 11 is 0. The third-order valence-corrected chi connectivity index (χ3v) is 5.18. The molecule has 2 heterocycles. The van der Waals surface area contributed by atoms with Gasteiger partial charge in [0.15, 0.2) is 5.82 Å². The van der Waals surface area contributed by atoms with Crippen molar-refractivity contribution in [2.45, 2.75) is 51.7 Å². The minimum absolute atomic E-state index is 0.0516. The predicted octanol–water partition coefficient (Wildman–Crippen LogP) is 3.88. The highest BCUT2D eigenvalue weighted by atomic mass is 19.4. The van der Waals surface area contributed by atoms with E-state index >= 15 is 0 Å². The number of amides is 1. The average Bonchev–Trinajstić information content (AvgIpc) is 3.06. The zero-order chi connectivity index (χ0) is 21.7. The van der Waals surface area contributed by atoms with Crippen molar-refractivity contribution in [3.8, 4) is 0 Å². The molecular weight excluding hydrogens is 397 g/mol. The summed E-state index contributed by atoms with van der Waals surface area (Å²) in [4.78, 5) is 20.9. The number of alkyl halides is 3. The number of hydrogen-bond donors (Lipinski definition) is 0. The maximum Gasteiger partial charge on any atom is 0.416 e. The van der Waals surface area contributed by atoms with Crippen LogP contribution < -0.4 is 0 Å². The van der Waals surface area contributed by atoms with Crippen LogP contribution in [0.4, 0.5) is 13.2 Å². The predicted molar refractivity (Wildman–Crippen MR) is 105 cm³/mol. The van der Waals surface area contributed by atoms with Gasteiger partial charge in [-0.2, -0.15) is 18.2 Å². The van der Waals surface area contributed by atoms with Crippen LogP contribution in [-0.4, -0.2) is 52.0 Å². The molecule has 1 aliphatic rings.